The third kappa shape index (κ3) is 5.54. The van der Waals surface area contributed by atoms with Gasteiger partial charge in [0.1, 0.15) is 35.4 Å². The monoisotopic (exact) mass is 546 g/mol. The van der Waals surface area contributed by atoms with Crippen molar-refractivity contribution in [2.75, 3.05) is 25.4 Å². The highest BCUT2D eigenvalue weighted by molar-refractivity contribution is 6.30. The maximum Gasteiger partial charge on any atom is 0.415 e. The molecular formula is C25H31ClN6O6. The lowest BCUT2D eigenvalue weighted by atomic mass is 9.91. The average molecular weight is 547 g/mol. The molecule has 0 bridgehead atoms. The molecule has 2 aromatic heterocycles. The van der Waals surface area contributed by atoms with Crippen LogP contribution in [0.1, 0.15) is 37.7 Å². The van der Waals surface area contributed by atoms with Gasteiger partial charge in [0.05, 0.1) is 12.9 Å². The van der Waals surface area contributed by atoms with Gasteiger partial charge in [-0.1, -0.05) is 11.6 Å². The summed E-state index contributed by atoms with van der Waals surface area (Å²) in [6.45, 7) is 0.846. The number of piperidine rings is 1. The lowest BCUT2D eigenvalue weighted by Crippen LogP contribution is -2.40. The Bertz CT molecular complexity index is 1270. The number of ether oxygens (including phenoxy) is 2. The number of imidazole rings is 1. The fourth-order valence-electron chi connectivity index (χ4n) is 5.01. The van der Waals surface area contributed by atoms with Crippen molar-refractivity contribution in [2.45, 2.75) is 56.6 Å². The van der Waals surface area contributed by atoms with E-state index in [-0.39, 0.29) is 11.9 Å². The highest BCUT2D eigenvalue weighted by Gasteiger charge is 2.44. The first-order chi connectivity index (χ1) is 18.3. The number of halogens is 1. The quantitative estimate of drug-likeness (QED) is 0.343. The minimum absolute atomic E-state index is 0.225. The number of aryl methyl sites for hydroxylation is 1. The first kappa shape index (κ1) is 26.6. The molecular weight excluding hydrogens is 516 g/mol. The van der Waals surface area contributed by atoms with Crippen LogP contribution in [-0.2, 0) is 11.2 Å². The molecule has 2 aliphatic heterocycles. The minimum Gasteiger partial charge on any atom is -0.410 e. The third-order valence-corrected chi connectivity index (χ3v) is 7.44. The number of nitrogens with zero attached hydrogens (tertiary/aromatic N) is 5. The maximum atomic E-state index is 12.5. The Kier molecular flexibility index (Phi) is 7.96. The van der Waals surface area contributed by atoms with E-state index < -0.39 is 31.1 Å². The number of carbonyl (C=O) groups excluding carboxylic acids is 1. The Labute approximate surface area is 224 Å². The Morgan fingerprint density at radius 1 is 1.16 bits per heavy atom. The van der Waals surface area contributed by atoms with Crippen molar-refractivity contribution < 1.29 is 29.6 Å². The van der Waals surface area contributed by atoms with Gasteiger partial charge in [-0.2, -0.15) is 0 Å². The predicted molar refractivity (Wildman–Crippen MR) is 137 cm³/mol. The fourth-order valence-corrected chi connectivity index (χ4v) is 5.14. The highest BCUT2D eigenvalue weighted by atomic mass is 35.5. The molecule has 5 rings (SSSR count). The second-order valence-electron chi connectivity index (χ2n) is 9.72. The van der Waals surface area contributed by atoms with Gasteiger partial charge in [-0.3, -0.25) is 4.57 Å². The number of aliphatic hydroxyl groups excluding tert-OH is 3. The summed E-state index contributed by atoms with van der Waals surface area (Å²) >= 11 is 5.88. The van der Waals surface area contributed by atoms with E-state index in [0.717, 1.165) is 25.7 Å². The van der Waals surface area contributed by atoms with Crippen LogP contribution in [0.15, 0.2) is 30.6 Å². The van der Waals surface area contributed by atoms with Crippen LogP contribution in [0.3, 0.4) is 0 Å². The number of carbonyl (C=O) groups is 1. The van der Waals surface area contributed by atoms with Crippen LogP contribution in [0.4, 0.5) is 10.6 Å². The van der Waals surface area contributed by atoms with Crippen molar-refractivity contribution in [1.29, 1.82) is 0 Å². The van der Waals surface area contributed by atoms with Gasteiger partial charge in [0.15, 0.2) is 17.7 Å². The van der Waals surface area contributed by atoms with Crippen molar-refractivity contribution >= 4 is 34.7 Å². The third-order valence-electron chi connectivity index (χ3n) is 7.19. The van der Waals surface area contributed by atoms with Crippen molar-refractivity contribution in [3.63, 3.8) is 0 Å². The van der Waals surface area contributed by atoms with E-state index in [4.69, 9.17) is 26.8 Å². The molecule has 12 nitrogen and oxygen atoms in total. The summed E-state index contributed by atoms with van der Waals surface area (Å²) in [7, 11) is 0. The number of nitrogen functional groups attached to an aromatic ring is 1. The second-order valence-corrected chi connectivity index (χ2v) is 10.2. The lowest BCUT2D eigenvalue weighted by Gasteiger charge is -2.31. The summed E-state index contributed by atoms with van der Waals surface area (Å²) < 4.78 is 12.6. The van der Waals surface area contributed by atoms with Gasteiger partial charge < -0.3 is 35.4 Å². The van der Waals surface area contributed by atoms with Crippen LogP contribution in [0, 0.1) is 5.92 Å². The molecule has 4 atom stereocenters. The molecule has 0 aliphatic carbocycles. The Morgan fingerprint density at radius 2 is 1.89 bits per heavy atom. The summed E-state index contributed by atoms with van der Waals surface area (Å²) in [6, 6.07) is 6.71. The van der Waals surface area contributed by atoms with Crippen LogP contribution < -0.4 is 10.5 Å². The van der Waals surface area contributed by atoms with Crippen molar-refractivity contribution in [1.82, 2.24) is 24.4 Å². The van der Waals surface area contributed by atoms with Gasteiger partial charge in [0.25, 0.3) is 0 Å². The zero-order valence-corrected chi connectivity index (χ0v) is 21.4. The van der Waals surface area contributed by atoms with E-state index in [0.29, 0.717) is 53.2 Å². The molecule has 1 amide bonds. The molecule has 2 aliphatic rings. The molecule has 3 aromatic rings. The first-order valence-electron chi connectivity index (χ1n) is 12.7. The number of benzene rings is 1. The van der Waals surface area contributed by atoms with Crippen LogP contribution in [0.5, 0.6) is 5.75 Å². The standard InChI is InChI=1S/C25H31ClN6O6/c26-15-4-6-16(7-5-15)37-25(36)31-10-8-14(9-11-31)2-1-3-18-29-22(27)19-23(30-18)32(13-28-19)24-21(35)20(34)17(12-33)38-24/h4-7,13-14,17,20-21,24,33-35H,1-3,8-12H2,(H2,27,29,30)/t17-,20-,21-,24-/m1/s1. The van der Waals surface area contributed by atoms with E-state index in [1.54, 1.807) is 29.2 Å². The summed E-state index contributed by atoms with van der Waals surface area (Å²) in [4.78, 5) is 27.4. The fraction of sp³-hybridized carbons (Fsp3) is 0.520. The Morgan fingerprint density at radius 3 is 2.58 bits per heavy atom. The Balaban J connectivity index is 1.14. The zero-order chi connectivity index (χ0) is 26.8. The zero-order valence-electron chi connectivity index (χ0n) is 20.7. The molecule has 4 heterocycles. The molecule has 2 fully saturated rings. The van der Waals surface area contributed by atoms with Crippen molar-refractivity contribution in [3.8, 4) is 5.75 Å². The van der Waals surface area contributed by atoms with Crippen LogP contribution in [-0.4, -0.2) is 83.8 Å². The van der Waals surface area contributed by atoms with E-state index in [1.165, 1.54) is 10.9 Å². The predicted octanol–water partition coefficient (Wildman–Crippen LogP) is 1.91. The van der Waals surface area contributed by atoms with Crippen molar-refractivity contribution in [2.24, 2.45) is 5.92 Å². The number of rotatable bonds is 7. The van der Waals surface area contributed by atoms with Crippen LogP contribution in [0.2, 0.25) is 5.02 Å². The molecule has 2 saturated heterocycles. The number of amides is 1. The number of nitrogens with two attached hydrogens (primary N) is 1. The van der Waals surface area contributed by atoms with Gasteiger partial charge in [-0.15, -0.1) is 0 Å². The Hall–Kier alpha value is -3.03. The molecule has 0 unspecified atom stereocenters. The van der Waals surface area contributed by atoms with E-state index in [9.17, 15) is 20.1 Å². The summed E-state index contributed by atoms with van der Waals surface area (Å²) in [5, 5.41) is 30.5. The number of anilines is 1. The van der Waals surface area contributed by atoms with Crippen LogP contribution >= 0.6 is 11.6 Å². The summed E-state index contributed by atoms with van der Waals surface area (Å²) in [5.74, 6) is 1.72. The van der Waals surface area contributed by atoms with Gasteiger partial charge in [0, 0.05) is 24.5 Å². The summed E-state index contributed by atoms with van der Waals surface area (Å²) in [5.41, 5.74) is 6.91. The molecule has 13 heteroatoms. The number of aromatic nitrogens is 4. The normalized spacial score (nSPS) is 24.3. The van der Waals surface area contributed by atoms with Gasteiger partial charge >= 0.3 is 6.09 Å². The largest absolute Gasteiger partial charge is 0.415 e. The van der Waals surface area contributed by atoms with Crippen molar-refractivity contribution in [3.05, 3.63) is 41.4 Å². The molecule has 5 N–H and O–H groups in total. The van der Waals surface area contributed by atoms with E-state index in [1.807, 2.05) is 0 Å². The van der Waals surface area contributed by atoms with E-state index >= 15 is 0 Å². The van der Waals surface area contributed by atoms with Gasteiger partial charge in [0.2, 0.25) is 0 Å². The minimum atomic E-state index is -1.25. The average Bonchev–Trinajstić information content (AvgIpc) is 3.46. The smallest absolute Gasteiger partial charge is 0.410 e. The maximum absolute atomic E-state index is 12.5. The SMILES string of the molecule is Nc1nc(CCCC2CCN(C(=O)Oc3ccc(Cl)cc3)CC2)nc2c1ncn2[C@@H]1O[C@H](CO)[C@@H](O)[C@H]1O. The molecule has 204 valence electrons. The number of hydrogen-bond acceptors (Lipinski definition) is 10. The number of fused-ring (bicyclic) bond motifs is 1. The number of likely N-dealkylation sites (tertiary alicyclic amines) is 1. The molecule has 0 saturated carbocycles. The van der Waals surface area contributed by atoms with Gasteiger partial charge in [-0.05, 0) is 55.9 Å². The van der Waals surface area contributed by atoms with Crippen LogP contribution in [0.25, 0.3) is 11.2 Å². The second kappa shape index (κ2) is 11.4. The first-order valence-corrected chi connectivity index (χ1v) is 13.1. The number of hydrogen-bond donors (Lipinski definition) is 4. The molecule has 1 aromatic carbocycles. The number of aliphatic hydroxyl groups is 3. The van der Waals surface area contributed by atoms with Gasteiger partial charge in [-0.25, -0.2) is 19.7 Å². The highest BCUT2D eigenvalue weighted by Crippen LogP contribution is 2.32. The molecule has 0 spiro atoms. The molecule has 0 radical (unpaired) electrons. The van der Waals surface area contributed by atoms with E-state index in [2.05, 4.69) is 15.0 Å². The lowest BCUT2D eigenvalue weighted by molar-refractivity contribution is -0.0511. The molecule has 38 heavy (non-hydrogen) atoms. The topological polar surface area (TPSA) is 169 Å². The summed E-state index contributed by atoms with van der Waals surface area (Å²) in [6.07, 6.45) is 0.904.